The minimum atomic E-state index is 0.00451. The molecular formula is C17H21NO2S. The second-order valence-corrected chi connectivity index (χ2v) is 6.39. The molecule has 3 nitrogen and oxygen atoms in total. The average molecular weight is 303 g/mol. The third kappa shape index (κ3) is 4.80. The molecule has 1 fully saturated rings. The molecule has 21 heavy (non-hydrogen) atoms. The molecule has 0 unspecified atom stereocenters. The van der Waals surface area contributed by atoms with Crippen molar-refractivity contribution in [1.29, 1.82) is 0 Å². The van der Waals surface area contributed by atoms with Crippen LogP contribution in [0.1, 0.15) is 40.7 Å². The molecule has 1 amide bonds. The van der Waals surface area contributed by atoms with Gasteiger partial charge in [0.1, 0.15) is 0 Å². The van der Waals surface area contributed by atoms with Crippen LogP contribution in [0.4, 0.5) is 0 Å². The van der Waals surface area contributed by atoms with Gasteiger partial charge >= 0.3 is 0 Å². The van der Waals surface area contributed by atoms with Crippen LogP contribution in [0, 0.1) is 18.8 Å². The van der Waals surface area contributed by atoms with E-state index < -0.39 is 0 Å². The number of carbonyl (C=O) groups is 1. The number of aryl methyl sites for hydroxylation is 1. The van der Waals surface area contributed by atoms with E-state index in [0.29, 0.717) is 18.0 Å². The summed E-state index contributed by atoms with van der Waals surface area (Å²) in [7, 11) is 0. The Bertz CT molecular complexity index is 554. The van der Waals surface area contributed by atoms with E-state index in [1.807, 2.05) is 36.9 Å². The van der Waals surface area contributed by atoms with Gasteiger partial charge in [0.25, 0.3) is 5.91 Å². The minimum Gasteiger partial charge on any atom is -0.395 e. The van der Waals surface area contributed by atoms with E-state index in [9.17, 15) is 4.79 Å². The minimum absolute atomic E-state index is 0.00451. The molecule has 1 saturated heterocycles. The van der Waals surface area contributed by atoms with E-state index >= 15 is 0 Å². The number of nitrogens with one attached hydrogen (secondary N) is 1. The number of benzene rings is 1. The number of hydrogen-bond donors (Lipinski definition) is 2. The highest BCUT2D eigenvalue weighted by Gasteiger charge is 2.17. The van der Waals surface area contributed by atoms with Crippen molar-refractivity contribution < 1.29 is 9.90 Å². The zero-order valence-corrected chi connectivity index (χ0v) is 13.1. The zero-order chi connectivity index (χ0) is 15.1. The van der Waals surface area contributed by atoms with Crippen LogP contribution in [-0.4, -0.2) is 35.2 Å². The molecule has 112 valence electrons. The summed E-state index contributed by atoms with van der Waals surface area (Å²) in [4.78, 5) is 12.2. The first kappa shape index (κ1) is 15.9. The van der Waals surface area contributed by atoms with Crippen molar-refractivity contribution in [3.63, 3.8) is 0 Å². The van der Waals surface area contributed by atoms with Crippen LogP contribution in [0.3, 0.4) is 0 Å². The van der Waals surface area contributed by atoms with Crippen LogP contribution in [0.15, 0.2) is 18.2 Å². The lowest BCUT2D eigenvalue weighted by Gasteiger charge is -2.22. The van der Waals surface area contributed by atoms with Crippen LogP contribution in [0.5, 0.6) is 0 Å². The summed E-state index contributed by atoms with van der Waals surface area (Å²) in [5.74, 6) is 8.18. The Morgan fingerprint density at radius 3 is 2.86 bits per heavy atom. The molecule has 0 bridgehead atoms. The summed E-state index contributed by atoms with van der Waals surface area (Å²) in [6.07, 6.45) is 2.58. The predicted molar refractivity (Wildman–Crippen MR) is 87.6 cm³/mol. The number of rotatable bonds is 3. The van der Waals surface area contributed by atoms with Gasteiger partial charge in [0, 0.05) is 23.6 Å². The van der Waals surface area contributed by atoms with E-state index in [-0.39, 0.29) is 12.5 Å². The summed E-state index contributed by atoms with van der Waals surface area (Å²) < 4.78 is 0. The van der Waals surface area contributed by atoms with Gasteiger partial charge in [0.05, 0.1) is 6.61 Å². The van der Waals surface area contributed by atoms with Crippen molar-refractivity contribution in [1.82, 2.24) is 5.32 Å². The molecule has 1 aromatic carbocycles. The van der Waals surface area contributed by atoms with E-state index in [1.165, 1.54) is 0 Å². The molecule has 0 spiro atoms. The van der Waals surface area contributed by atoms with Crippen LogP contribution in [0.25, 0.3) is 0 Å². The quantitative estimate of drug-likeness (QED) is 0.843. The lowest BCUT2D eigenvalue weighted by molar-refractivity contribution is 0.0935. The highest BCUT2D eigenvalue weighted by Crippen LogP contribution is 2.18. The van der Waals surface area contributed by atoms with Crippen molar-refractivity contribution >= 4 is 17.7 Å². The van der Waals surface area contributed by atoms with Crippen LogP contribution >= 0.6 is 11.8 Å². The van der Waals surface area contributed by atoms with E-state index in [0.717, 1.165) is 35.5 Å². The van der Waals surface area contributed by atoms with Gasteiger partial charge < -0.3 is 10.4 Å². The number of carbonyl (C=O) groups excluding carboxylic acids is 1. The van der Waals surface area contributed by atoms with Crippen molar-refractivity contribution in [3.05, 3.63) is 34.9 Å². The second-order valence-electron chi connectivity index (χ2n) is 5.17. The maximum absolute atomic E-state index is 12.2. The Balaban J connectivity index is 2.01. The summed E-state index contributed by atoms with van der Waals surface area (Å²) in [6.45, 7) is 2.03. The van der Waals surface area contributed by atoms with Gasteiger partial charge in [-0.2, -0.15) is 11.8 Å². The fourth-order valence-electron chi connectivity index (χ4n) is 2.27. The van der Waals surface area contributed by atoms with Crippen LogP contribution in [-0.2, 0) is 0 Å². The first-order valence-corrected chi connectivity index (χ1v) is 8.45. The largest absolute Gasteiger partial charge is 0.395 e. The van der Waals surface area contributed by atoms with Gasteiger partial charge in [-0.1, -0.05) is 11.8 Å². The molecule has 1 heterocycles. The van der Waals surface area contributed by atoms with Crippen molar-refractivity contribution in [2.75, 3.05) is 18.1 Å². The SMILES string of the molecule is Cc1cc(C(=O)NC2CCSCC2)ccc1C#CCCO. The fourth-order valence-corrected chi connectivity index (χ4v) is 3.38. The topological polar surface area (TPSA) is 49.3 Å². The maximum atomic E-state index is 12.2. The number of amides is 1. The lowest BCUT2D eigenvalue weighted by Crippen LogP contribution is -2.37. The molecule has 1 aliphatic rings. The Morgan fingerprint density at radius 1 is 1.43 bits per heavy atom. The Morgan fingerprint density at radius 2 is 2.19 bits per heavy atom. The molecule has 0 saturated carbocycles. The molecule has 4 heteroatoms. The normalized spacial score (nSPS) is 15.1. The summed E-state index contributed by atoms with van der Waals surface area (Å²) in [5.41, 5.74) is 2.60. The fraction of sp³-hybridized carbons (Fsp3) is 0.471. The van der Waals surface area contributed by atoms with Gasteiger partial charge in [-0.05, 0) is 55.0 Å². The van der Waals surface area contributed by atoms with Gasteiger partial charge in [-0.25, -0.2) is 0 Å². The molecular weight excluding hydrogens is 282 g/mol. The molecule has 2 N–H and O–H groups in total. The number of aliphatic hydroxyl groups is 1. The average Bonchev–Trinajstić information content (AvgIpc) is 2.50. The van der Waals surface area contributed by atoms with Gasteiger partial charge in [-0.3, -0.25) is 4.79 Å². The van der Waals surface area contributed by atoms with Crippen LogP contribution in [0.2, 0.25) is 0 Å². The Kier molecular flexibility index (Phi) is 6.16. The molecule has 0 radical (unpaired) electrons. The highest BCUT2D eigenvalue weighted by atomic mass is 32.2. The zero-order valence-electron chi connectivity index (χ0n) is 12.3. The Hall–Kier alpha value is -1.44. The third-order valence-electron chi connectivity index (χ3n) is 3.50. The summed E-state index contributed by atoms with van der Waals surface area (Å²) >= 11 is 1.95. The second kappa shape index (κ2) is 8.11. The first-order valence-electron chi connectivity index (χ1n) is 7.29. The molecule has 2 rings (SSSR count). The summed E-state index contributed by atoms with van der Waals surface area (Å²) in [6, 6.07) is 5.90. The van der Waals surface area contributed by atoms with E-state index in [1.54, 1.807) is 0 Å². The van der Waals surface area contributed by atoms with Crippen molar-refractivity contribution in [2.45, 2.75) is 32.2 Å². The Labute approximate surface area is 130 Å². The van der Waals surface area contributed by atoms with Gasteiger partial charge in [-0.15, -0.1) is 0 Å². The van der Waals surface area contributed by atoms with E-state index in [4.69, 9.17) is 5.11 Å². The summed E-state index contributed by atoms with van der Waals surface area (Å²) in [5, 5.41) is 11.8. The standard InChI is InChI=1S/C17H21NO2S/c1-13-12-15(6-5-14(13)4-2-3-9-19)17(20)18-16-7-10-21-11-8-16/h5-6,12,16,19H,3,7-11H2,1H3,(H,18,20). The van der Waals surface area contributed by atoms with Crippen LogP contribution < -0.4 is 5.32 Å². The monoisotopic (exact) mass is 303 g/mol. The lowest BCUT2D eigenvalue weighted by atomic mass is 10.0. The highest BCUT2D eigenvalue weighted by molar-refractivity contribution is 7.99. The smallest absolute Gasteiger partial charge is 0.251 e. The van der Waals surface area contributed by atoms with Gasteiger partial charge in [0.2, 0.25) is 0 Å². The van der Waals surface area contributed by atoms with E-state index in [2.05, 4.69) is 17.2 Å². The molecule has 0 atom stereocenters. The van der Waals surface area contributed by atoms with Gasteiger partial charge in [0.15, 0.2) is 0 Å². The maximum Gasteiger partial charge on any atom is 0.251 e. The van der Waals surface area contributed by atoms with Crippen molar-refractivity contribution in [3.8, 4) is 11.8 Å². The predicted octanol–water partition coefficient (Wildman–Crippen LogP) is 2.35. The number of aliphatic hydroxyl groups excluding tert-OH is 1. The molecule has 1 aromatic rings. The first-order chi connectivity index (χ1) is 10.2. The molecule has 0 aromatic heterocycles. The molecule has 0 aliphatic carbocycles. The molecule has 1 aliphatic heterocycles. The third-order valence-corrected chi connectivity index (χ3v) is 4.55. The number of thioether (sulfide) groups is 1. The number of hydrogen-bond acceptors (Lipinski definition) is 3. The van der Waals surface area contributed by atoms with Crippen molar-refractivity contribution in [2.24, 2.45) is 0 Å².